The summed E-state index contributed by atoms with van der Waals surface area (Å²) >= 11 is 0. The van der Waals surface area contributed by atoms with E-state index in [-0.39, 0.29) is 12.5 Å². The second kappa shape index (κ2) is 9.22. The number of carbonyl (C=O) groups excluding carboxylic acids is 1. The summed E-state index contributed by atoms with van der Waals surface area (Å²) in [7, 11) is 0. The van der Waals surface area contributed by atoms with E-state index in [1.807, 2.05) is 4.90 Å². The Kier molecular flexibility index (Phi) is 7.98. The van der Waals surface area contributed by atoms with Crippen LogP contribution in [0.3, 0.4) is 0 Å². The van der Waals surface area contributed by atoms with Crippen LogP contribution >= 0.6 is 0 Å². The van der Waals surface area contributed by atoms with Gasteiger partial charge in [0.2, 0.25) is 5.91 Å². The Morgan fingerprint density at radius 3 is 2.38 bits per heavy atom. The third-order valence-corrected chi connectivity index (χ3v) is 3.35. The first-order valence-corrected chi connectivity index (χ1v) is 7.27. The zero-order chi connectivity index (χ0) is 15.7. The Bertz CT molecular complexity index is 306. The number of hydrogen-bond donors (Lipinski definition) is 1. The van der Waals surface area contributed by atoms with Gasteiger partial charge in [0.1, 0.15) is 6.61 Å². The van der Waals surface area contributed by atoms with Gasteiger partial charge in [-0.15, -0.1) is 0 Å². The molecule has 0 bridgehead atoms. The second-order valence-electron chi connectivity index (χ2n) is 5.14. The van der Waals surface area contributed by atoms with Crippen LogP contribution in [-0.2, 0) is 9.53 Å². The van der Waals surface area contributed by atoms with Gasteiger partial charge in [-0.05, 0) is 19.4 Å². The number of hydrogen-bond acceptors (Lipinski definition) is 4. The molecule has 1 aliphatic heterocycles. The number of nitrogens with zero attached hydrogens (tertiary/aromatic N) is 2. The number of amides is 1. The highest BCUT2D eigenvalue weighted by atomic mass is 19.4. The molecule has 1 fully saturated rings. The fraction of sp³-hybridized carbons (Fsp3) is 0.923. The molecular weight excluding hydrogens is 287 g/mol. The number of nitrogens with two attached hydrogens (primary N) is 1. The molecule has 0 atom stereocenters. The Hall–Kier alpha value is -0.860. The normalized spacial score (nSPS) is 17.2. The SMILES string of the molecule is NCCCC(=O)N1CCN(CCCOCC(F)(F)F)CC1. The summed E-state index contributed by atoms with van der Waals surface area (Å²) in [4.78, 5) is 15.8. The van der Waals surface area contributed by atoms with Crippen molar-refractivity contribution in [2.75, 3.05) is 52.5 Å². The first kappa shape index (κ1) is 18.2. The van der Waals surface area contributed by atoms with Crippen molar-refractivity contribution in [2.24, 2.45) is 5.73 Å². The first-order valence-electron chi connectivity index (χ1n) is 7.27. The van der Waals surface area contributed by atoms with E-state index in [4.69, 9.17) is 5.73 Å². The Labute approximate surface area is 123 Å². The summed E-state index contributed by atoms with van der Waals surface area (Å²) < 4.78 is 40.2. The lowest BCUT2D eigenvalue weighted by molar-refractivity contribution is -0.174. The van der Waals surface area contributed by atoms with E-state index < -0.39 is 12.8 Å². The van der Waals surface area contributed by atoms with Crippen molar-refractivity contribution in [1.82, 2.24) is 9.80 Å². The summed E-state index contributed by atoms with van der Waals surface area (Å²) in [5.41, 5.74) is 5.37. The minimum Gasteiger partial charge on any atom is -0.372 e. The van der Waals surface area contributed by atoms with Crippen molar-refractivity contribution in [2.45, 2.75) is 25.4 Å². The lowest BCUT2D eigenvalue weighted by Crippen LogP contribution is -2.49. The predicted molar refractivity (Wildman–Crippen MR) is 72.8 cm³/mol. The summed E-state index contributed by atoms with van der Waals surface area (Å²) in [6.45, 7) is 3.00. The predicted octanol–water partition coefficient (Wildman–Crippen LogP) is 0.839. The molecule has 5 nitrogen and oxygen atoms in total. The smallest absolute Gasteiger partial charge is 0.372 e. The molecule has 0 radical (unpaired) electrons. The van der Waals surface area contributed by atoms with Gasteiger partial charge in [0, 0.05) is 45.8 Å². The van der Waals surface area contributed by atoms with Crippen LogP contribution in [0.15, 0.2) is 0 Å². The van der Waals surface area contributed by atoms with E-state index in [1.165, 1.54) is 0 Å². The van der Waals surface area contributed by atoms with E-state index in [0.29, 0.717) is 45.4 Å². The van der Waals surface area contributed by atoms with E-state index in [1.54, 1.807) is 0 Å². The largest absolute Gasteiger partial charge is 0.411 e. The molecule has 124 valence electrons. The Balaban J connectivity index is 2.07. The summed E-state index contributed by atoms with van der Waals surface area (Å²) in [6, 6.07) is 0. The highest BCUT2D eigenvalue weighted by Crippen LogP contribution is 2.14. The van der Waals surface area contributed by atoms with Gasteiger partial charge in [-0.25, -0.2) is 0 Å². The maximum atomic E-state index is 11.9. The molecule has 0 unspecified atom stereocenters. The molecule has 8 heteroatoms. The van der Waals surface area contributed by atoms with Crippen LogP contribution in [0, 0.1) is 0 Å². The zero-order valence-corrected chi connectivity index (χ0v) is 12.2. The molecule has 0 saturated carbocycles. The molecule has 1 amide bonds. The van der Waals surface area contributed by atoms with E-state index in [9.17, 15) is 18.0 Å². The number of piperazine rings is 1. The highest BCUT2D eigenvalue weighted by Gasteiger charge is 2.27. The summed E-state index contributed by atoms with van der Waals surface area (Å²) in [5, 5.41) is 0. The van der Waals surface area contributed by atoms with Gasteiger partial charge in [-0.3, -0.25) is 9.69 Å². The van der Waals surface area contributed by atoms with Crippen molar-refractivity contribution in [3.8, 4) is 0 Å². The maximum Gasteiger partial charge on any atom is 0.411 e. The molecule has 1 aliphatic rings. The van der Waals surface area contributed by atoms with Crippen LogP contribution in [0.4, 0.5) is 13.2 Å². The maximum absolute atomic E-state index is 11.9. The molecule has 0 aromatic heterocycles. The average molecular weight is 311 g/mol. The molecule has 2 N–H and O–H groups in total. The third kappa shape index (κ3) is 8.23. The lowest BCUT2D eigenvalue weighted by atomic mass is 10.2. The number of ether oxygens (including phenoxy) is 1. The molecule has 0 aromatic carbocycles. The number of rotatable bonds is 8. The van der Waals surface area contributed by atoms with Crippen molar-refractivity contribution in [3.63, 3.8) is 0 Å². The third-order valence-electron chi connectivity index (χ3n) is 3.35. The van der Waals surface area contributed by atoms with Crippen LogP contribution in [-0.4, -0.2) is 74.4 Å². The van der Waals surface area contributed by atoms with Gasteiger partial charge in [0.15, 0.2) is 0 Å². The molecule has 0 aromatic rings. The molecular formula is C13H24F3N3O2. The molecule has 21 heavy (non-hydrogen) atoms. The fourth-order valence-electron chi connectivity index (χ4n) is 2.21. The van der Waals surface area contributed by atoms with Crippen molar-refractivity contribution < 1.29 is 22.7 Å². The first-order chi connectivity index (χ1) is 9.92. The van der Waals surface area contributed by atoms with Crippen molar-refractivity contribution in [3.05, 3.63) is 0 Å². The van der Waals surface area contributed by atoms with Crippen LogP contribution < -0.4 is 5.73 Å². The van der Waals surface area contributed by atoms with Crippen LogP contribution in [0.1, 0.15) is 19.3 Å². The standard InChI is InChI=1S/C13H24F3N3O2/c14-13(15,16)11-21-10-2-5-18-6-8-19(9-7-18)12(20)3-1-4-17/h1-11,17H2. The highest BCUT2D eigenvalue weighted by molar-refractivity contribution is 5.76. The second-order valence-corrected chi connectivity index (χ2v) is 5.14. The van der Waals surface area contributed by atoms with Gasteiger partial charge in [0.05, 0.1) is 0 Å². The molecule has 1 rings (SSSR count). The minimum atomic E-state index is -4.25. The van der Waals surface area contributed by atoms with E-state index >= 15 is 0 Å². The monoisotopic (exact) mass is 311 g/mol. The van der Waals surface area contributed by atoms with Gasteiger partial charge in [-0.1, -0.05) is 0 Å². The lowest BCUT2D eigenvalue weighted by Gasteiger charge is -2.34. The quantitative estimate of drug-likeness (QED) is 0.675. The minimum absolute atomic E-state index is 0.106. The van der Waals surface area contributed by atoms with Gasteiger partial charge >= 0.3 is 6.18 Å². The molecule has 0 spiro atoms. The number of alkyl halides is 3. The van der Waals surface area contributed by atoms with Crippen LogP contribution in [0.2, 0.25) is 0 Å². The Morgan fingerprint density at radius 1 is 1.14 bits per heavy atom. The van der Waals surface area contributed by atoms with Crippen molar-refractivity contribution in [1.29, 1.82) is 0 Å². The Morgan fingerprint density at radius 2 is 1.81 bits per heavy atom. The van der Waals surface area contributed by atoms with E-state index in [0.717, 1.165) is 13.1 Å². The van der Waals surface area contributed by atoms with E-state index in [2.05, 4.69) is 9.64 Å². The van der Waals surface area contributed by atoms with Gasteiger partial charge in [0.25, 0.3) is 0 Å². The number of carbonyl (C=O) groups is 1. The van der Waals surface area contributed by atoms with Gasteiger partial charge in [-0.2, -0.15) is 13.2 Å². The van der Waals surface area contributed by atoms with Gasteiger partial charge < -0.3 is 15.4 Å². The number of halogens is 3. The van der Waals surface area contributed by atoms with Crippen molar-refractivity contribution >= 4 is 5.91 Å². The molecule has 1 saturated heterocycles. The average Bonchev–Trinajstić information content (AvgIpc) is 2.44. The fourth-order valence-corrected chi connectivity index (χ4v) is 2.21. The zero-order valence-electron chi connectivity index (χ0n) is 12.2. The summed E-state index contributed by atoms with van der Waals surface area (Å²) in [6.07, 6.45) is -2.50. The van der Waals surface area contributed by atoms with Crippen LogP contribution in [0.25, 0.3) is 0 Å². The molecule has 0 aliphatic carbocycles. The summed E-state index contributed by atoms with van der Waals surface area (Å²) in [5.74, 6) is 0.133. The molecule has 1 heterocycles. The van der Waals surface area contributed by atoms with Crippen LogP contribution in [0.5, 0.6) is 0 Å². The topological polar surface area (TPSA) is 58.8 Å².